The van der Waals surface area contributed by atoms with Crippen LogP contribution in [0.3, 0.4) is 0 Å². The number of aliphatic carboxylic acids is 1. The molecule has 0 aliphatic rings. The molecule has 0 fully saturated rings. The number of unbranched alkanes of at least 4 members (excludes halogenated alkanes) is 14. The van der Waals surface area contributed by atoms with E-state index in [1.807, 2.05) is 0 Å². The van der Waals surface area contributed by atoms with Crippen LogP contribution in [-0.2, 0) is 4.79 Å². The second kappa shape index (κ2) is 25.8. The molecule has 33 heavy (non-hydrogen) atoms. The molecule has 0 bridgehead atoms. The molecule has 0 aliphatic carbocycles. The zero-order valence-corrected chi connectivity index (χ0v) is 21.1. The Balaban J connectivity index is 0. The number of aliphatic hydroxyl groups is 5. The molecule has 0 aromatic heterocycles. The van der Waals surface area contributed by atoms with Gasteiger partial charge in [0.15, 0.2) is 0 Å². The molecule has 7 N–H and O–H groups in total. The zero-order valence-electron chi connectivity index (χ0n) is 21.1. The van der Waals surface area contributed by atoms with E-state index in [-0.39, 0.29) is 6.54 Å². The van der Waals surface area contributed by atoms with Gasteiger partial charge in [0, 0.05) is 13.0 Å². The fourth-order valence-corrected chi connectivity index (χ4v) is 3.54. The largest absolute Gasteiger partial charge is 0.481 e. The van der Waals surface area contributed by atoms with Crippen molar-refractivity contribution in [1.29, 1.82) is 0 Å². The van der Waals surface area contributed by atoms with Crippen LogP contribution in [0.25, 0.3) is 0 Å². The minimum atomic E-state index is -1.55. The lowest BCUT2D eigenvalue weighted by Crippen LogP contribution is -2.48. The van der Waals surface area contributed by atoms with Crippen molar-refractivity contribution < 1.29 is 35.4 Å². The second-order valence-corrected chi connectivity index (χ2v) is 8.95. The van der Waals surface area contributed by atoms with Crippen molar-refractivity contribution in [3.63, 3.8) is 0 Å². The van der Waals surface area contributed by atoms with Gasteiger partial charge in [0.1, 0.15) is 18.3 Å². The first-order valence-corrected chi connectivity index (χ1v) is 13.0. The third-order valence-electron chi connectivity index (χ3n) is 5.73. The minimum Gasteiger partial charge on any atom is -0.481 e. The SMILES string of the molecule is CCCCCCCCCCCCCCCCCC(=O)O.CNC[C@H](O)[C@@H](O)[C@H](O)[C@H](O)CO. The summed E-state index contributed by atoms with van der Waals surface area (Å²) in [4.78, 5) is 10.3. The monoisotopic (exact) mass is 479 g/mol. The van der Waals surface area contributed by atoms with E-state index in [2.05, 4.69) is 12.2 Å². The zero-order chi connectivity index (χ0) is 25.3. The number of aliphatic hydroxyl groups excluding tert-OH is 5. The summed E-state index contributed by atoms with van der Waals surface area (Å²) < 4.78 is 0. The molecule has 4 atom stereocenters. The predicted octanol–water partition coefficient (Wildman–Crippen LogP) is 2.97. The fraction of sp³-hybridized carbons (Fsp3) is 0.960. The van der Waals surface area contributed by atoms with Crippen molar-refractivity contribution in [3.8, 4) is 0 Å². The van der Waals surface area contributed by atoms with E-state index in [9.17, 15) is 9.90 Å². The highest BCUT2D eigenvalue weighted by atomic mass is 16.4. The summed E-state index contributed by atoms with van der Waals surface area (Å²) in [5.41, 5.74) is 0. The molecule has 0 spiro atoms. The van der Waals surface area contributed by atoms with Gasteiger partial charge in [-0.15, -0.1) is 0 Å². The Morgan fingerprint density at radius 1 is 0.667 bits per heavy atom. The van der Waals surface area contributed by atoms with Crippen LogP contribution in [0.4, 0.5) is 0 Å². The second-order valence-electron chi connectivity index (χ2n) is 8.95. The summed E-state index contributed by atoms with van der Waals surface area (Å²) >= 11 is 0. The van der Waals surface area contributed by atoms with Crippen LogP contribution in [0.5, 0.6) is 0 Å². The van der Waals surface area contributed by atoms with Gasteiger partial charge in [0.2, 0.25) is 0 Å². The van der Waals surface area contributed by atoms with E-state index < -0.39 is 37.0 Å². The first-order chi connectivity index (χ1) is 15.8. The van der Waals surface area contributed by atoms with Crippen LogP contribution < -0.4 is 5.32 Å². The molecule has 0 radical (unpaired) electrons. The van der Waals surface area contributed by atoms with Crippen molar-refractivity contribution in [1.82, 2.24) is 5.32 Å². The van der Waals surface area contributed by atoms with Gasteiger partial charge >= 0.3 is 5.97 Å². The van der Waals surface area contributed by atoms with Gasteiger partial charge in [-0.2, -0.15) is 0 Å². The third-order valence-corrected chi connectivity index (χ3v) is 5.73. The maximum Gasteiger partial charge on any atom is 0.303 e. The number of hydrogen-bond acceptors (Lipinski definition) is 7. The molecule has 0 aromatic rings. The van der Waals surface area contributed by atoms with Crippen molar-refractivity contribution in [2.75, 3.05) is 20.2 Å². The van der Waals surface area contributed by atoms with E-state index in [4.69, 9.17) is 25.5 Å². The van der Waals surface area contributed by atoms with Gasteiger partial charge in [-0.3, -0.25) is 4.79 Å². The van der Waals surface area contributed by atoms with Crippen LogP contribution in [-0.4, -0.2) is 81.2 Å². The fourth-order valence-electron chi connectivity index (χ4n) is 3.54. The van der Waals surface area contributed by atoms with Gasteiger partial charge in [-0.1, -0.05) is 96.8 Å². The smallest absolute Gasteiger partial charge is 0.303 e. The molecule has 8 nitrogen and oxygen atoms in total. The molecular formula is C25H53NO7. The lowest BCUT2D eigenvalue weighted by molar-refractivity contribution is -0.137. The Morgan fingerprint density at radius 3 is 1.36 bits per heavy atom. The molecule has 0 heterocycles. The summed E-state index contributed by atoms with van der Waals surface area (Å²) in [6, 6.07) is 0. The summed E-state index contributed by atoms with van der Waals surface area (Å²) in [5, 5.41) is 56.0. The summed E-state index contributed by atoms with van der Waals surface area (Å²) in [7, 11) is 1.57. The number of hydrogen-bond donors (Lipinski definition) is 7. The normalized spacial score (nSPS) is 14.8. The van der Waals surface area contributed by atoms with E-state index in [1.165, 1.54) is 83.5 Å². The Kier molecular flexibility index (Phi) is 26.9. The summed E-state index contributed by atoms with van der Waals surface area (Å²) in [6.07, 6.45) is 14.6. The molecule has 0 rings (SSSR count). The Labute approximate surface area is 201 Å². The van der Waals surface area contributed by atoms with E-state index in [0.29, 0.717) is 6.42 Å². The number of likely N-dealkylation sites (N-methyl/N-ethyl adjacent to an activating group) is 1. The number of carbonyl (C=O) groups is 1. The Hall–Kier alpha value is -0.770. The van der Waals surface area contributed by atoms with Gasteiger partial charge in [0.05, 0.1) is 12.7 Å². The number of carboxylic acids is 1. The minimum absolute atomic E-state index is 0.0936. The van der Waals surface area contributed by atoms with Crippen LogP contribution in [0.1, 0.15) is 110 Å². The van der Waals surface area contributed by atoms with E-state index in [0.717, 1.165) is 12.8 Å². The standard InChI is InChI=1S/C18H36O2.C7H17NO5/c1-2-3-4-5-6-7-8-9-10-11-12-13-14-15-16-17-18(19)20;1-8-2-4(10)6(12)7(13)5(11)3-9/h2-17H2,1H3,(H,19,20);4-13H,2-3H2,1H3/t;4-,5+,6+,7+/m.0/s1. The molecule has 0 saturated heterocycles. The lowest BCUT2D eigenvalue weighted by Gasteiger charge is -2.25. The van der Waals surface area contributed by atoms with Crippen LogP contribution in [0, 0.1) is 0 Å². The van der Waals surface area contributed by atoms with Crippen molar-refractivity contribution in [3.05, 3.63) is 0 Å². The van der Waals surface area contributed by atoms with Crippen LogP contribution in [0.2, 0.25) is 0 Å². The predicted molar refractivity (Wildman–Crippen MR) is 132 cm³/mol. The molecule has 0 saturated carbocycles. The Morgan fingerprint density at radius 2 is 1.03 bits per heavy atom. The molecule has 0 unspecified atom stereocenters. The first-order valence-electron chi connectivity index (χ1n) is 13.0. The van der Waals surface area contributed by atoms with Crippen LogP contribution >= 0.6 is 0 Å². The van der Waals surface area contributed by atoms with E-state index in [1.54, 1.807) is 7.05 Å². The third kappa shape index (κ3) is 24.2. The number of carboxylic acid groups (broad SMARTS) is 1. The van der Waals surface area contributed by atoms with Crippen molar-refractivity contribution in [2.24, 2.45) is 0 Å². The average molecular weight is 480 g/mol. The van der Waals surface area contributed by atoms with Gasteiger partial charge in [0.25, 0.3) is 0 Å². The molecule has 8 heteroatoms. The summed E-state index contributed by atoms with van der Waals surface area (Å²) in [6.45, 7) is 1.70. The number of nitrogens with one attached hydrogen (secondary N) is 1. The lowest BCUT2D eigenvalue weighted by atomic mass is 10.0. The molecule has 0 aliphatic heterocycles. The highest BCUT2D eigenvalue weighted by Crippen LogP contribution is 2.13. The molecule has 200 valence electrons. The molecular weight excluding hydrogens is 426 g/mol. The van der Waals surface area contributed by atoms with Gasteiger partial charge in [-0.05, 0) is 13.5 Å². The van der Waals surface area contributed by atoms with Crippen molar-refractivity contribution in [2.45, 2.75) is 134 Å². The maximum atomic E-state index is 10.3. The highest BCUT2D eigenvalue weighted by molar-refractivity contribution is 5.66. The molecule has 0 aromatic carbocycles. The van der Waals surface area contributed by atoms with Crippen LogP contribution in [0.15, 0.2) is 0 Å². The highest BCUT2D eigenvalue weighted by Gasteiger charge is 2.29. The number of rotatable bonds is 22. The average Bonchev–Trinajstić information content (AvgIpc) is 2.80. The van der Waals surface area contributed by atoms with Crippen molar-refractivity contribution >= 4 is 5.97 Å². The topological polar surface area (TPSA) is 150 Å². The molecule has 0 amide bonds. The first kappa shape index (κ1) is 34.4. The summed E-state index contributed by atoms with van der Waals surface area (Å²) in [5.74, 6) is -0.653. The van der Waals surface area contributed by atoms with E-state index >= 15 is 0 Å². The quantitative estimate of drug-likeness (QED) is 0.117. The van der Waals surface area contributed by atoms with Gasteiger partial charge < -0.3 is 36.0 Å². The maximum absolute atomic E-state index is 10.3. The van der Waals surface area contributed by atoms with Gasteiger partial charge in [-0.25, -0.2) is 0 Å². The Bertz CT molecular complexity index is 412.